The van der Waals surface area contributed by atoms with Crippen LogP contribution in [-0.2, 0) is 29.0 Å². The summed E-state index contributed by atoms with van der Waals surface area (Å²) in [5, 5.41) is 5.29. The predicted octanol–water partition coefficient (Wildman–Crippen LogP) is 2.65. The Labute approximate surface area is 131 Å². The van der Waals surface area contributed by atoms with Gasteiger partial charge in [0.05, 0.1) is 23.5 Å². The van der Waals surface area contributed by atoms with Gasteiger partial charge in [0.25, 0.3) is 0 Å². The van der Waals surface area contributed by atoms with Crippen molar-refractivity contribution in [1.82, 2.24) is 14.7 Å². The van der Waals surface area contributed by atoms with Gasteiger partial charge in [0, 0.05) is 13.1 Å². The Morgan fingerprint density at radius 2 is 2.19 bits per heavy atom. The Morgan fingerprint density at radius 3 is 2.81 bits per heavy atom. The van der Waals surface area contributed by atoms with Crippen LogP contribution in [-0.4, -0.2) is 40.3 Å². The average molecular weight is 314 g/mol. The number of rotatable bonds is 5. The summed E-state index contributed by atoms with van der Waals surface area (Å²) in [6.45, 7) is 6.44. The number of likely N-dealkylation sites (tertiary alicyclic amines) is 1. The van der Waals surface area contributed by atoms with Crippen LogP contribution in [0.4, 0.5) is 0 Å². The number of aromatic nitrogens is 2. The van der Waals surface area contributed by atoms with Crippen molar-refractivity contribution in [3.05, 3.63) is 16.4 Å². The maximum Gasteiger partial charge on any atom is 0.323 e. The molecule has 0 unspecified atom stereocenters. The van der Waals surface area contributed by atoms with Gasteiger partial charge in [-0.2, -0.15) is 5.10 Å². The average Bonchev–Trinajstić information content (AvgIpc) is 2.83. The lowest BCUT2D eigenvalue weighted by atomic mass is 10.0. The van der Waals surface area contributed by atoms with Crippen LogP contribution in [0.1, 0.15) is 44.5 Å². The van der Waals surface area contributed by atoms with Crippen LogP contribution in [0.3, 0.4) is 0 Å². The quantitative estimate of drug-likeness (QED) is 0.784. The van der Waals surface area contributed by atoms with Crippen LogP contribution in [0.25, 0.3) is 0 Å². The standard InChI is InChI=1S/C15H24ClN3O2/c1-4-11-14(16)13(19(5-2)17-11)10-18-9-7-6-8-12(18)15(20)21-3/h12H,4-10H2,1-3H3/t12-/m1/s1. The maximum atomic E-state index is 11.9. The van der Waals surface area contributed by atoms with E-state index in [9.17, 15) is 4.79 Å². The van der Waals surface area contributed by atoms with E-state index in [0.717, 1.165) is 55.2 Å². The highest BCUT2D eigenvalue weighted by molar-refractivity contribution is 6.31. The summed E-state index contributed by atoms with van der Waals surface area (Å²) in [6, 6.07) is -0.162. The molecular weight excluding hydrogens is 290 g/mol. The second-order valence-corrected chi connectivity index (χ2v) is 5.76. The molecule has 1 saturated heterocycles. The lowest BCUT2D eigenvalue weighted by molar-refractivity contribution is -0.148. The molecule has 1 aromatic heterocycles. The summed E-state index contributed by atoms with van der Waals surface area (Å²) in [5.74, 6) is -0.149. The van der Waals surface area contributed by atoms with Gasteiger partial charge < -0.3 is 4.74 Å². The van der Waals surface area contributed by atoms with Crippen molar-refractivity contribution in [1.29, 1.82) is 0 Å². The van der Waals surface area contributed by atoms with Crippen LogP contribution < -0.4 is 0 Å². The first-order valence-corrected chi connectivity index (χ1v) is 8.06. The van der Waals surface area contributed by atoms with Crippen molar-refractivity contribution in [3.8, 4) is 0 Å². The van der Waals surface area contributed by atoms with Gasteiger partial charge in [-0.3, -0.25) is 14.4 Å². The van der Waals surface area contributed by atoms with Crippen LogP contribution in [0.5, 0.6) is 0 Å². The highest BCUT2D eigenvalue weighted by Crippen LogP contribution is 2.26. The summed E-state index contributed by atoms with van der Waals surface area (Å²) < 4.78 is 6.88. The molecule has 6 heteroatoms. The normalized spacial score (nSPS) is 19.7. The molecule has 1 aromatic rings. The molecule has 118 valence electrons. The molecule has 0 radical (unpaired) electrons. The van der Waals surface area contributed by atoms with Gasteiger partial charge in [0.15, 0.2) is 0 Å². The Bertz CT molecular complexity index is 501. The summed E-state index contributed by atoms with van der Waals surface area (Å²) in [7, 11) is 1.45. The van der Waals surface area contributed by atoms with E-state index in [1.165, 1.54) is 7.11 Å². The fraction of sp³-hybridized carbons (Fsp3) is 0.733. The van der Waals surface area contributed by atoms with Gasteiger partial charge in [0.1, 0.15) is 6.04 Å². The third-order valence-electron chi connectivity index (χ3n) is 4.13. The lowest BCUT2D eigenvalue weighted by Crippen LogP contribution is -2.45. The number of carbonyl (C=O) groups is 1. The number of halogens is 1. The van der Waals surface area contributed by atoms with E-state index in [1.807, 2.05) is 4.68 Å². The van der Waals surface area contributed by atoms with Crippen molar-refractivity contribution < 1.29 is 9.53 Å². The minimum atomic E-state index is -0.162. The molecule has 2 heterocycles. The SMILES string of the molecule is CCc1nn(CC)c(CN2CCCC[C@@H]2C(=O)OC)c1Cl. The molecule has 0 spiro atoms. The molecule has 1 aliphatic rings. The molecule has 0 aromatic carbocycles. The smallest absolute Gasteiger partial charge is 0.323 e. The summed E-state index contributed by atoms with van der Waals surface area (Å²) >= 11 is 6.46. The van der Waals surface area contributed by atoms with Crippen LogP contribution in [0.15, 0.2) is 0 Å². The third-order valence-corrected chi connectivity index (χ3v) is 4.57. The third kappa shape index (κ3) is 3.40. The minimum absolute atomic E-state index is 0.149. The Kier molecular flexibility index (Phi) is 5.65. The molecule has 2 rings (SSSR count). The zero-order valence-electron chi connectivity index (χ0n) is 13.1. The Morgan fingerprint density at radius 1 is 1.43 bits per heavy atom. The Balaban J connectivity index is 2.22. The van der Waals surface area contributed by atoms with Crippen molar-refractivity contribution in [2.75, 3.05) is 13.7 Å². The van der Waals surface area contributed by atoms with E-state index in [4.69, 9.17) is 16.3 Å². The number of nitrogens with zero attached hydrogens (tertiary/aromatic N) is 3. The zero-order valence-corrected chi connectivity index (χ0v) is 13.8. The molecule has 0 N–H and O–H groups in total. The van der Waals surface area contributed by atoms with E-state index in [2.05, 4.69) is 23.8 Å². The van der Waals surface area contributed by atoms with Crippen LogP contribution >= 0.6 is 11.6 Å². The van der Waals surface area contributed by atoms with Crippen LogP contribution in [0, 0.1) is 0 Å². The summed E-state index contributed by atoms with van der Waals surface area (Å²) in [6.07, 6.45) is 3.84. The van der Waals surface area contributed by atoms with Gasteiger partial charge in [0.2, 0.25) is 0 Å². The maximum absolute atomic E-state index is 11.9. The number of ether oxygens (including phenoxy) is 1. The lowest BCUT2D eigenvalue weighted by Gasteiger charge is -2.33. The molecule has 0 amide bonds. The van der Waals surface area contributed by atoms with Crippen molar-refractivity contribution in [2.24, 2.45) is 0 Å². The highest BCUT2D eigenvalue weighted by atomic mass is 35.5. The second-order valence-electron chi connectivity index (χ2n) is 5.38. The predicted molar refractivity (Wildman–Crippen MR) is 82.4 cm³/mol. The largest absolute Gasteiger partial charge is 0.468 e. The number of piperidine rings is 1. The summed E-state index contributed by atoms with van der Waals surface area (Å²) in [5.41, 5.74) is 1.94. The first kappa shape index (κ1) is 16.3. The highest BCUT2D eigenvalue weighted by Gasteiger charge is 2.31. The zero-order chi connectivity index (χ0) is 15.4. The molecule has 21 heavy (non-hydrogen) atoms. The number of carbonyl (C=O) groups excluding carboxylic acids is 1. The number of aryl methyl sites for hydroxylation is 2. The van der Waals surface area contributed by atoms with E-state index >= 15 is 0 Å². The van der Waals surface area contributed by atoms with E-state index in [1.54, 1.807) is 0 Å². The van der Waals surface area contributed by atoms with Gasteiger partial charge >= 0.3 is 5.97 Å². The number of methoxy groups -OCH3 is 1. The van der Waals surface area contributed by atoms with Gasteiger partial charge in [-0.05, 0) is 32.7 Å². The van der Waals surface area contributed by atoms with E-state index in [-0.39, 0.29) is 12.0 Å². The monoisotopic (exact) mass is 313 g/mol. The fourth-order valence-corrected chi connectivity index (χ4v) is 3.27. The van der Waals surface area contributed by atoms with Crippen molar-refractivity contribution in [2.45, 2.75) is 58.7 Å². The molecule has 5 nitrogen and oxygen atoms in total. The van der Waals surface area contributed by atoms with E-state index < -0.39 is 0 Å². The van der Waals surface area contributed by atoms with Gasteiger partial charge in [-0.25, -0.2) is 0 Å². The van der Waals surface area contributed by atoms with Crippen LogP contribution in [0.2, 0.25) is 5.02 Å². The minimum Gasteiger partial charge on any atom is -0.468 e. The fourth-order valence-electron chi connectivity index (χ4n) is 2.94. The van der Waals surface area contributed by atoms with Crippen molar-refractivity contribution in [3.63, 3.8) is 0 Å². The number of hydrogen-bond acceptors (Lipinski definition) is 4. The summed E-state index contributed by atoms with van der Waals surface area (Å²) in [4.78, 5) is 14.1. The first-order valence-electron chi connectivity index (χ1n) is 7.68. The topological polar surface area (TPSA) is 47.4 Å². The Hall–Kier alpha value is -1.07. The first-order chi connectivity index (χ1) is 10.1. The van der Waals surface area contributed by atoms with Gasteiger partial charge in [-0.1, -0.05) is 24.9 Å². The molecule has 1 atom stereocenters. The second kappa shape index (κ2) is 7.27. The van der Waals surface area contributed by atoms with Crippen molar-refractivity contribution >= 4 is 17.6 Å². The molecule has 0 saturated carbocycles. The molecular formula is C15H24ClN3O2. The van der Waals surface area contributed by atoms with Gasteiger partial charge in [-0.15, -0.1) is 0 Å². The number of hydrogen-bond donors (Lipinski definition) is 0. The molecule has 1 fully saturated rings. The molecule has 1 aliphatic heterocycles. The van der Waals surface area contributed by atoms with E-state index in [0.29, 0.717) is 6.54 Å². The molecule has 0 bridgehead atoms. The number of esters is 1. The molecule has 0 aliphatic carbocycles.